The zero-order chi connectivity index (χ0) is 23.3. The summed E-state index contributed by atoms with van der Waals surface area (Å²) in [6, 6.07) is 14.1. The van der Waals surface area contributed by atoms with Crippen LogP contribution in [0.2, 0.25) is 0 Å². The lowest BCUT2D eigenvalue weighted by Crippen LogP contribution is -2.33. The first kappa shape index (κ1) is 23.2. The fourth-order valence-electron chi connectivity index (χ4n) is 2.92. The van der Waals surface area contributed by atoms with Gasteiger partial charge >= 0.3 is 5.97 Å². The number of aromatic nitrogens is 2. The number of esters is 1. The van der Waals surface area contributed by atoms with E-state index in [9.17, 15) is 18.0 Å². The van der Waals surface area contributed by atoms with Crippen LogP contribution in [-0.4, -0.2) is 36.6 Å². The van der Waals surface area contributed by atoms with Crippen LogP contribution in [0.4, 0.5) is 5.69 Å². The average molecular weight is 457 g/mol. The Morgan fingerprint density at radius 2 is 1.84 bits per heavy atom. The smallest absolute Gasteiger partial charge is 0.322 e. The van der Waals surface area contributed by atoms with Gasteiger partial charge in [0, 0.05) is 24.5 Å². The topological polar surface area (TPSA) is 119 Å². The molecule has 3 rings (SSSR count). The molecule has 0 fully saturated rings. The van der Waals surface area contributed by atoms with E-state index in [-0.39, 0.29) is 4.90 Å². The molecule has 0 aliphatic carbocycles. The van der Waals surface area contributed by atoms with Gasteiger partial charge in [-0.2, -0.15) is 9.82 Å². The molecule has 1 atom stereocenters. The monoisotopic (exact) mass is 456 g/mol. The molecule has 0 aliphatic heterocycles. The molecule has 1 aromatic heterocycles. The summed E-state index contributed by atoms with van der Waals surface area (Å²) in [6.07, 6.45) is 1.21. The Balaban J connectivity index is 1.74. The predicted molar refractivity (Wildman–Crippen MR) is 118 cm³/mol. The maximum absolute atomic E-state index is 13.0. The highest BCUT2D eigenvalue weighted by Crippen LogP contribution is 2.22. The van der Waals surface area contributed by atoms with Gasteiger partial charge in [-0.15, -0.1) is 0 Å². The summed E-state index contributed by atoms with van der Waals surface area (Å²) in [5.41, 5.74) is 2.87. The quantitative estimate of drug-likeness (QED) is 0.502. The molecule has 2 N–H and O–H groups in total. The highest BCUT2D eigenvalue weighted by Gasteiger charge is 2.26. The van der Waals surface area contributed by atoms with Crippen molar-refractivity contribution in [2.45, 2.75) is 24.8 Å². The van der Waals surface area contributed by atoms with Crippen molar-refractivity contribution in [1.82, 2.24) is 14.5 Å². The highest BCUT2D eigenvalue weighted by molar-refractivity contribution is 7.89. The minimum atomic E-state index is -3.95. The van der Waals surface area contributed by atoms with Crippen LogP contribution >= 0.6 is 0 Å². The third kappa shape index (κ3) is 5.80. The van der Waals surface area contributed by atoms with Gasteiger partial charge in [0.2, 0.25) is 16.1 Å². The minimum absolute atomic E-state index is 0.0833. The van der Waals surface area contributed by atoms with Crippen LogP contribution in [0.5, 0.6) is 0 Å². The van der Waals surface area contributed by atoms with Crippen LogP contribution in [0.1, 0.15) is 22.8 Å². The molecule has 0 bridgehead atoms. The second kappa shape index (κ2) is 9.75. The van der Waals surface area contributed by atoms with E-state index in [0.717, 1.165) is 17.3 Å². The van der Waals surface area contributed by atoms with Crippen molar-refractivity contribution in [2.75, 3.05) is 11.9 Å². The van der Waals surface area contributed by atoms with Gasteiger partial charge in [-0.1, -0.05) is 42.5 Å². The van der Waals surface area contributed by atoms with E-state index in [1.165, 1.54) is 10.9 Å². The molecule has 10 heteroatoms. The van der Waals surface area contributed by atoms with Crippen LogP contribution in [0.15, 0.2) is 65.8 Å². The van der Waals surface area contributed by atoms with Gasteiger partial charge < -0.3 is 10.1 Å². The van der Waals surface area contributed by atoms with Gasteiger partial charge in [0.25, 0.3) is 5.91 Å². The van der Waals surface area contributed by atoms with Gasteiger partial charge in [-0.05, 0) is 31.0 Å². The van der Waals surface area contributed by atoms with Crippen molar-refractivity contribution in [2.24, 2.45) is 7.05 Å². The third-order valence-electron chi connectivity index (χ3n) is 4.64. The maximum Gasteiger partial charge on any atom is 0.322 e. The lowest BCUT2D eigenvalue weighted by atomic mass is 10.1. The normalized spacial score (nSPS) is 12.2. The number of nitrogens with one attached hydrogen (secondary N) is 2. The number of carbonyl (C=O) groups excluding carboxylic acids is 2. The van der Waals surface area contributed by atoms with Gasteiger partial charge in [0.05, 0.1) is 6.20 Å². The molecule has 32 heavy (non-hydrogen) atoms. The van der Waals surface area contributed by atoms with Gasteiger partial charge in [0.1, 0.15) is 11.4 Å². The lowest BCUT2D eigenvalue weighted by Gasteiger charge is -2.19. The molecule has 1 heterocycles. The summed E-state index contributed by atoms with van der Waals surface area (Å²) < 4.78 is 33.5. The Kier molecular flexibility index (Phi) is 7.06. The summed E-state index contributed by atoms with van der Waals surface area (Å²) in [5.74, 6) is -1.45. The van der Waals surface area contributed by atoms with E-state index < -0.39 is 34.5 Å². The number of ether oxygens (including phenoxy) is 1. The Bertz CT molecular complexity index is 1220. The number of rotatable bonds is 8. The number of hydrogen-bond acceptors (Lipinski definition) is 6. The molecule has 9 nitrogen and oxygen atoms in total. The van der Waals surface area contributed by atoms with Gasteiger partial charge in [0.15, 0.2) is 0 Å². The number of amides is 1. The van der Waals surface area contributed by atoms with Crippen molar-refractivity contribution in [3.8, 4) is 0 Å². The number of sulfonamides is 1. The first-order valence-corrected chi connectivity index (χ1v) is 11.2. The van der Waals surface area contributed by atoms with Gasteiger partial charge in [-0.3, -0.25) is 14.3 Å². The standard InChI is InChI=1S/C22H24N4O5S/c1-15-9-10-16(2)19(11-15)25-22(28)21(17-7-5-4-6-8-17)31-20(27)13-24-32(29,30)18-12-23-26(3)14-18/h4-12,14,21,24H,13H2,1-3H3,(H,25,28). The van der Waals surface area contributed by atoms with E-state index in [4.69, 9.17) is 4.74 Å². The number of aryl methyl sites for hydroxylation is 3. The summed E-state index contributed by atoms with van der Waals surface area (Å²) in [4.78, 5) is 25.4. The SMILES string of the molecule is Cc1ccc(C)c(NC(=O)C(OC(=O)CNS(=O)(=O)c2cnn(C)c2)c2ccccc2)c1. The number of nitrogens with zero attached hydrogens (tertiary/aromatic N) is 2. The fourth-order valence-corrected chi connectivity index (χ4v) is 3.87. The van der Waals surface area contributed by atoms with Crippen molar-refractivity contribution in [3.63, 3.8) is 0 Å². The van der Waals surface area contributed by atoms with E-state index in [2.05, 4.69) is 15.1 Å². The largest absolute Gasteiger partial charge is 0.446 e. The summed E-state index contributed by atoms with van der Waals surface area (Å²) in [6.45, 7) is 3.11. The number of hydrogen-bond donors (Lipinski definition) is 2. The van der Waals surface area contributed by atoms with Gasteiger partial charge in [-0.25, -0.2) is 8.42 Å². The van der Waals surface area contributed by atoms with Crippen molar-refractivity contribution in [3.05, 3.63) is 77.6 Å². The molecule has 0 spiro atoms. The van der Waals surface area contributed by atoms with E-state index >= 15 is 0 Å². The summed E-state index contributed by atoms with van der Waals surface area (Å²) >= 11 is 0. The van der Waals surface area contributed by atoms with Crippen molar-refractivity contribution < 1.29 is 22.7 Å². The predicted octanol–water partition coefficient (Wildman–Crippen LogP) is 2.24. The molecule has 0 radical (unpaired) electrons. The first-order valence-electron chi connectivity index (χ1n) is 9.76. The van der Waals surface area contributed by atoms with E-state index in [1.54, 1.807) is 37.4 Å². The van der Waals surface area contributed by atoms with Crippen LogP contribution in [0, 0.1) is 13.8 Å². The molecule has 3 aromatic rings. The number of carbonyl (C=O) groups is 2. The van der Waals surface area contributed by atoms with Crippen LogP contribution < -0.4 is 10.0 Å². The second-order valence-electron chi connectivity index (χ2n) is 7.26. The first-order chi connectivity index (χ1) is 15.2. The second-order valence-corrected chi connectivity index (χ2v) is 9.03. The number of benzene rings is 2. The Labute approximate surface area is 186 Å². The van der Waals surface area contributed by atoms with E-state index in [0.29, 0.717) is 11.3 Å². The molecular formula is C22H24N4O5S. The molecule has 1 unspecified atom stereocenters. The minimum Gasteiger partial charge on any atom is -0.446 e. The molecule has 0 aliphatic rings. The van der Waals surface area contributed by atoms with Crippen molar-refractivity contribution in [1.29, 1.82) is 0 Å². The van der Waals surface area contributed by atoms with Crippen LogP contribution in [0.25, 0.3) is 0 Å². The average Bonchev–Trinajstić information content (AvgIpc) is 3.21. The lowest BCUT2D eigenvalue weighted by molar-refractivity contribution is -0.153. The molecular weight excluding hydrogens is 432 g/mol. The Hall–Kier alpha value is -3.50. The molecule has 1 amide bonds. The zero-order valence-electron chi connectivity index (χ0n) is 17.9. The molecule has 0 saturated heterocycles. The zero-order valence-corrected chi connectivity index (χ0v) is 18.7. The highest BCUT2D eigenvalue weighted by atomic mass is 32.2. The van der Waals surface area contributed by atoms with E-state index in [1.807, 2.05) is 32.0 Å². The Morgan fingerprint density at radius 3 is 2.50 bits per heavy atom. The fraction of sp³-hybridized carbons (Fsp3) is 0.227. The van der Waals surface area contributed by atoms with Crippen LogP contribution in [0.3, 0.4) is 0 Å². The van der Waals surface area contributed by atoms with Crippen molar-refractivity contribution >= 4 is 27.6 Å². The number of anilines is 1. The third-order valence-corrected chi connectivity index (χ3v) is 5.99. The summed E-state index contributed by atoms with van der Waals surface area (Å²) in [5, 5.41) is 6.59. The molecule has 168 valence electrons. The van der Waals surface area contributed by atoms with Crippen LogP contribution in [-0.2, 0) is 31.4 Å². The summed E-state index contributed by atoms with van der Waals surface area (Å²) in [7, 11) is -2.37. The maximum atomic E-state index is 13.0. The Morgan fingerprint density at radius 1 is 1.12 bits per heavy atom. The molecule has 2 aromatic carbocycles. The molecule has 0 saturated carbocycles.